The number of nitrogens with zero attached hydrogens (tertiary/aromatic N) is 3. The Kier molecular flexibility index (Phi) is 5.26. The number of aliphatic hydroxyl groups excluding tert-OH is 1. The van der Waals surface area contributed by atoms with Crippen LogP contribution < -0.4 is 0 Å². The van der Waals surface area contributed by atoms with Crippen LogP contribution in [0.25, 0.3) is 0 Å². The van der Waals surface area contributed by atoms with E-state index >= 15 is 0 Å². The van der Waals surface area contributed by atoms with Crippen molar-refractivity contribution in [3.63, 3.8) is 0 Å². The molecule has 0 spiro atoms. The molecule has 3 rings (SSSR count). The van der Waals surface area contributed by atoms with Crippen LogP contribution in [0.4, 0.5) is 0 Å². The Bertz CT molecular complexity index is 527. The first-order valence-corrected chi connectivity index (χ1v) is 7.82. The van der Waals surface area contributed by atoms with E-state index in [0.717, 1.165) is 32.7 Å². The zero-order valence-electron chi connectivity index (χ0n) is 12.7. The maximum absolute atomic E-state index is 10.3. The molecule has 2 atom stereocenters. The van der Waals surface area contributed by atoms with Crippen LogP contribution in [0.3, 0.4) is 0 Å². The molecular formula is C16H23N3O3. The van der Waals surface area contributed by atoms with Gasteiger partial charge in [-0.25, -0.2) is 4.98 Å². The second kappa shape index (κ2) is 7.58. The summed E-state index contributed by atoms with van der Waals surface area (Å²) < 4.78 is 13.0. The summed E-state index contributed by atoms with van der Waals surface area (Å²) in [6, 6.07) is 3.85. The number of morpholine rings is 1. The fraction of sp³-hybridized carbons (Fsp3) is 0.562. The molecule has 6 heteroatoms. The summed E-state index contributed by atoms with van der Waals surface area (Å²) in [5, 5.41) is 10.3. The predicted octanol–water partition coefficient (Wildman–Crippen LogP) is 1.69. The van der Waals surface area contributed by atoms with Gasteiger partial charge >= 0.3 is 0 Å². The largest absolute Gasteiger partial charge is 0.467 e. The fourth-order valence-electron chi connectivity index (χ4n) is 2.93. The van der Waals surface area contributed by atoms with Gasteiger partial charge in [0.2, 0.25) is 0 Å². The van der Waals surface area contributed by atoms with E-state index in [1.807, 2.05) is 18.6 Å². The lowest BCUT2D eigenvalue weighted by Gasteiger charge is -2.36. The Labute approximate surface area is 130 Å². The molecule has 3 heterocycles. The van der Waals surface area contributed by atoms with E-state index in [4.69, 9.17) is 9.15 Å². The third-order valence-electron chi connectivity index (χ3n) is 4.14. The minimum atomic E-state index is -0.571. The van der Waals surface area contributed by atoms with E-state index in [2.05, 4.69) is 14.5 Å². The van der Waals surface area contributed by atoms with Crippen LogP contribution in [-0.2, 0) is 11.3 Å². The lowest BCUT2D eigenvalue weighted by molar-refractivity contribution is -0.0291. The van der Waals surface area contributed by atoms with Gasteiger partial charge in [0.15, 0.2) is 0 Å². The molecule has 6 nitrogen and oxygen atoms in total. The topological polar surface area (TPSA) is 63.7 Å². The zero-order valence-corrected chi connectivity index (χ0v) is 12.7. The standard InChI is InChI=1S/C16H23N3O3/c20-15(16-3-1-9-22-16)11-14-12-21-10-8-19(14)6-2-5-18-7-4-17-13-18/h1,3-4,7,9,13-15,20H,2,5-6,8,10-12H2. The van der Waals surface area contributed by atoms with Crippen LogP contribution >= 0.6 is 0 Å². The molecule has 0 amide bonds. The van der Waals surface area contributed by atoms with Crippen LogP contribution in [0.1, 0.15) is 24.7 Å². The third-order valence-corrected chi connectivity index (χ3v) is 4.14. The summed E-state index contributed by atoms with van der Waals surface area (Å²) in [6.07, 6.45) is 8.35. The number of aliphatic hydroxyl groups is 1. The Morgan fingerprint density at radius 2 is 2.36 bits per heavy atom. The molecule has 120 valence electrons. The zero-order chi connectivity index (χ0) is 15.2. The highest BCUT2D eigenvalue weighted by Crippen LogP contribution is 2.23. The monoisotopic (exact) mass is 305 g/mol. The number of ether oxygens (including phenoxy) is 1. The summed E-state index contributed by atoms with van der Waals surface area (Å²) in [5.41, 5.74) is 0. The molecule has 1 fully saturated rings. The van der Waals surface area contributed by atoms with E-state index < -0.39 is 6.10 Å². The van der Waals surface area contributed by atoms with E-state index in [-0.39, 0.29) is 6.04 Å². The molecule has 0 saturated carbocycles. The normalized spacial score (nSPS) is 21.0. The first-order valence-electron chi connectivity index (χ1n) is 7.82. The Hall–Kier alpha value is -1.63. The molecule has 1 saturated heterocycles. The van der Waals surface area contributed by atoms with Gasteiger partial charge in [-0.05, 0) is 25.0 Å². The molecular weight excluding hydrogens is 282 g/mol. The minimum absolute atomic E-state index is 0.233. The number of aryl methyl sites for hydroxylation is 1. The van der Waals surface area contributed by atoms with Gasteiger partial charge in [0.1, 0.15) is 11.9 Å². The number of hydrogen-bond donors (Lipinski definition) is 1. The lowest BCUT2D eigenvalue weighted by Crippen LogP contribution is -2.46. The number of furan rings is 1. The van der Waals surface area contributed by atoms with Crippen LogP contribution in [-0.4, -0.2) is 51.9 Å². The molecule has 2 aromatic rings. The highest BCUT2D eigenvalue weighted by atomic mass is 16.5. The van der Waals surface area contributed by atoms with Crippen molar-refractivity contribution >= 4 is 0 Å². The average Bonchev–Trinajstić information content (AvgIpc) is 3.22. The maximum Gasteiger partial charge on any atom is 0.132 e. The molecule has 2 unspecified atom stereocenters. The molecule has 0 radical (unpaired) electrons. The number of hydrogen-bond acceptors (Lipinski definition) is 5. The van der Waals surface area contributed by atoms with E-state index in [9.17, 15) is 5.11 Å². The van der Waals surface area contributed by atoms with Crippen molar-refractivity contribution in [2.45, 2.75) is 31.5 Å². The molecule has 0 aromatic carbocycles. The van der Waals surface area contributed by atoms with Gasteiger partial charge in [0.05, 0.1) is 25.8 Å². The maximum atomic E-state index is 10.3. The molecule has 1 aliphatic heterocycles. The SMILES string of the molecule is OC(CC1COCCN1CCCn1ccnc1)c1ccco1. The van der Waals surface area contributed by atoms with Crippen molar-refractivity contribution in [1.82, 2.24) is 14.5 Å². The molecule has 1 aliphatic rings. The molecule has 1 N–H and O–H groups in total. The number of aromatic nitrogens is 2. The Balaban J connectivity index is 1.49. The third kappa shape index (κ3) is 3.97. The quantitative estimate of drug-likeness (QED) is 0.843. The second-order valence-corrected chi connectivity index (χ2v) is 5.69. The van der Waals surface area contributed by atoms with E-state index in [1.54, 1.807) is 18.5 Å². The molecule has 0 bridgehead atoms. The van der Waals surface area contributed by atoms with Crippen LogP contribution in [0.5, 0.6) is 0 Å². The van der Waals surface area contributed by atoms with Crippen molar-refractivity contribution in [2.24, 2.45) is 0 Å². The summed E-state index contributed by atoms with van der Waals surface area (Å²) in [4.78, 5) is 6.47. The van der Waals surface area contributed by atoms with Crippen molar-refractivity contribution in [3.05, 3.63) is 42.9 Å². The average molecular weight is 305 g/mol. The van der Waals surface area contributed by atoms with Crippen molar-refractivity contribution in [2.75, 3.05) is 26.3 Å². The second-order valence-electron chi connectivity index (χ2n) is 5.69. The molecule has 22 heavy (non-hydrogen) atoms. The highest BCUT2D eigenvalue weighted by Gasteiger charge is 2.26. The van der Waals surface area contributed by atoms with Gasteiger partial charge < -0.3 is 18.8 Å². The number of imidazole rings is 1. The predicted molar refractivity (Wildman–Crippen MR) is 81.3 cm³/mol. The number of rotatable bonds is 7. The van der Waals surface area contributed by atoms with Gasteiger partial charge in [-0.15, -0.1) is 0 Å². The highest BCUT2D eigenvalue weighted by molar-refractivity contribution is 5.02. The van der Waals surface area contributed by atoms with Gasteiger partial charge in [-0.3, -0.25) is 4.90 Å². The van der Waals surface area contributed by atoms with Gasteiger partial charge in [0.25, 0.3) is 0 Å². The summed E-state index contributed by atoms with van der Waals surface area (Å²) in [7, 11) is 0. The molecule has 2 aromatic heterocycles. The van der Waals surface area contributed by atoms with Gasteiger partial charge in [-0.2, -0.15) is 0 Å². The first kappa shape index (κ1) is 15.3. The van der Waals surface area contributed by atoms with Gasteiger partial charge in [-0.1, -0.05) is 0 Å². The fourth-order valence-corrected chi connectivity index (χ4v) is 2.93. The van der Waals surface area contributed by atoms with Crippen LogP contribution in [0.2, 0.25) is 0 Å². The Morgan fingerprint density at radius 1 is 1.41 bits per heavy atom. The first-order chi connectivity index (χ1) is 10.8. The van der Waals surface area contributed by atoms with Crippen molar-refractivity contribution in [1.29, 1.82) is 0 Å². The van der Waals surface area contributed by atoms with Crippen molar-refractivity contribution < 1.29 is 14.3 Å². The summed E-state index contributed by atoms with van der Waals surface area (Å²) in [6.45, 7) is 4.31. The van der Waals surface area contributed by atoms with Crippen molar-refractivity contribution in [3.8, 4) is 0 Å². The van der Waals surface area contributed by atoms with Gasteiger partial charge in [0, 0.05) is 38.1 Å². The van der Waals surface area contributed by atoms with Crippen LogP contribution in [0, 0.1) is 0 Å². The Morgan fingerprint density at radius 3 is 3.14 bits per heavy atom. The van der Waals surface area contributed by atoms with E-state index in [0.29, 0.717) is 18.8 Å². The summed E-state index contributed by atoms with van der Waals surface area (Å²) >= 11 is 0. The lowest BCUT2D eigenvalue weighted by atomic mass is 10.1. The smallest absolute Gasteiger partial charge is 0.132 e. The summed E-state index contributed by atoms with van der Waals surface area (Å²) in [5.74, 6) is 0.629. The minimum Gasteiger partial charge on any atom is -0.467 e. The molecule has 0 aliphatic carbocycles. The van der Waals surface area contributed by atoms with Crippen LogP contribution in [0.15, 0.2) is 41.5 Å². The van der Waals surface area contributed by atoms with E-state index in [1.165, 1.54) is 0 Å².